The third-order valence-electron chi connectivity index (χ3n) is 3.08. The molecule has 2 aromatic rings. The lowest BCUT2D eigenvalue weighted by Gasteiger charge is -2.02. The molecule has 0 saturated heterocycles. The number of hydrogen-bond acceptors (Lipinski definition) is 5. The molecule has 5 nitrogen and oxygen atoms in total. The summed E-state index contributed by atoms with van der Waals surface area (Å²) in [5, 5.41) is 3.97. The summed E-state index contributed by atoms with van der Waals surface area (Å²) in [6, 6.07) is 7.39. The Morgan fingerprint density at radius 2 is 2.14 bits per heavy atom. The molecule has 0 radical (unpaired) electrons. The summed E-state index contributed by atoms with van der Waals surface area (Å²) in [4.78, 5) is 15.9. The zero-order valence-electron chi connectivity index (χ0n) is 12.6. The zero-order valence-corrected chi connectivity index (χ0v) is 12.6. The maximum atomic E-state index is 11.5. The highest BCUT2D eigenvalue weighted by Gasteiger charge is 2.09. The Balaban J connectivity index is 1.96. The summed E-state index contributed by atoms with van der Waals surface area (Å²) >= 11 is 0. The van der Waals surface area contributed by atoms with E-state index in [1.165, 1.54) is 7.11 Å². The number of benzene rings is 1. The molecule has 0 N–H and O–H groups in total. The Hall–Kier alpha value is -2.17. The first kappa shape index (κ1) is 15.2. The van der Waals surface area contributed by atoms with Gasteiger partial charge in [0.1, 0.15) is 0 Å². The molecule has 1 aromatic carbocycles. The molecule has 112 valence electrons. The van der Waals surface area contributed by atoms with Crippen LogP contribution in [0, 0.1) is 5.92 Å². The Labute approximate surface area is 124 Å². The zero-order chi connectivity index (χ0) is 15.2. The molecule has 0 aliphatic rings. The van der Waals surface area contributed by atoms with Gasteiger partial charge >= 0.3 is 5.97 Å². The Morgan fingerprint density at radius 3 is 2.86 bits per heavy atom. The van der Waals surface area contributed by atoms with Crippen molar-refractivity contribution in [3.8, 4) is 0 Å². The molecule has 0 bridgehead atoms. The van der Waals surface area contributed by atoms with Crippen LogP contribution in [-0.4, -0.2) is 23.2 Å². The van der Waals surface area contributed by atoms with Crippen LogP contribution in [-0.2, 0) is 24.0 Å². The fourth-order valence-corrected chi connectivity index (χ4v) is 2.06. The summed E-state index contributed by atoms with van der Waals surface area (Å²) in [6.07, 6.45) is 2.23. The van der Waals surface area contributed by atoms with Crippen molar-refractivity contribution in [1.29, 1.82) is 0 Å². The quantitative estimate of drug-likeness (QED) is 0.765. The van der Waals surface area contributed by atoms with Crippen molar-refractivity contribution in [2.45, 2.75) is 33.1 Å². The van der Waals surface area contributed by atoms with Gasteiger partial charge in [-0.25, -0.2) is 4.79 Å². The lowest BCUT2D eigenvalue weighted by atomic mass is 10.1. The molecule has 0 saturated carbocycles. The molecule has 0 aliphatic heterocycles. The minimum atomic E-state index is -0.325. The second kappa shape index (κ2) is 7.02. The van der Waals surface area contributed by atoms with E-state index in [4.69, 9.17) is 9.26 Å². The molecular formula is C16H20N2O3. The summed E-state index contributed by atoms with van der Waals surface area (Å²) in [6.45, 7) is 4.24. The van der Waals surface area contributed by atoms with Crippen LogP contribution in [0.3, 0.4) is 0 Å². The van der Waals surface area contributed by atoms with Crippen LogP contribution in [0.4, 0.5) is 0 Å². The van der Waals surface area contributed by atoms with Crippen LogP contribution in [0.25, 0.3) is 0 Å². The van der Waals surface area contributed by atoms with E-state index in [1.807, 2.05) is 18.2 Å². The van der Waals surface area contributed by atoms with Crippen LogP contribution in [0.2, 0.25) is 0 Å². The van der Waals surface area contributed by atoms with Crippen LogP contribution in [0.5, 0.6) is 0 Å². The molecule has 0 atom stereocenters. The van der Waals surface area contributed by atoms with Gasteiger partial charge in [0.05, 0.1) is 12.7 Å². The van der Waals surface area contributed by atoms with E-state index in [-0.39, 0.29) is 5.97 Å². The average molecular weight is 288 g/mol. The highest BCUT2D eigenvalue weighted by atomic mass is 16.5. The molecule has 0 spiro atoms. The third kappa shape index (κ3) is 4.41. The Morgan fingerprint density at radius 1 is 1.33 bits per heavy atom. The van der Waals surface area contributed by atoms with Gasteiger partial charge < -0.3 is 9.26 Å². The van der Waals surface area contributed by atoms with Gasteiger partial charge in [0.25, 0.3) is 0 Å². The van der Waals surface area contributed by atoms with E-state index in [0.29, 0.717) is 23.8 Å². The Bertz CT molecular complexity index is 605. The summed E-state index contributed by atoms with van der Waals surface area (Å²) in [7, 11) is 1.38. The summed E-state index contributed by atoms with van der Waals surface area (Å²) in [5.74, 6) is 1.57. The van der Waals surface area contributed by atoms with E-state index in [9.17, 15) is 4.79 Å². The minimum Gasteiger partial charge on any atom is -0.465 e. The van der Waals surface area contributed by atoms with Crippen molar-refractivity contribution in [2.75, 3.05) is 7.11 Å². The van der Waals surface area contributed by atoms with E-state index >= 15 is 0 Å². The van der Waals surface area contributed by atoms with Gasteiger partial charge in [-0.05, 0) is 30.0 Å². The van der Waals surface area contributed by atoms with Crippen LogP contribution in [0.15, 0.2) is 28.8 Å². The van der Waals surface area contributed by atoms with E-state index < -0.39 is 0 Å². The monoisotopic (exact) mass is 288 g/mol. The van der Waals surface area contributed by atoms with Crippen molar-refractivity contribution >= 4 is 5.97 Å². The Kier molecular flexibility index (Phi) is 5.09. The van der Waals surface area contributed by atoms with Crippen molar-refractivity contribution in [1.82, 2.24) is 10.1 Å². The SMILES string of the molecule is COC(=O)c1cccc(CCc2nc(CC(C)C)no2)c1. The molecule has 0 amide bonds. The number of ether oxygens (including phenoxy) is 1. The third-order valence-corrected chi connectivity index (χ3v) is 3.08. The molecule has 1 heterocycles. The smallest absolute Gasteiger partial charge is 0.337 e. The van der Waals surface area contributed by atoms with Crippen LogP contribution < -0.4 is 0 Å². The predicted octanol–water partition coefficient (Wildman–Crippen LogP) is 2.84. The van der Waals surface area contributed by atoms with Crippen molar-refractivity contribution < 1.29 is 14.1 Å². The largest absolute Gasteiger partial charge is 0.465 e. The summed E-state index contributed by atoms with van der Waals surface area (Å²) in [5.41, 5.74) is 1.60. The lowest BCUT2D eigenvalue weighted by molar-refractivity contribution is 0.0600. The number of rotatable bonds is 6. The minimum absolute atomic E-state index is 0.325. The van der Waals surface area contributed by atoms with E-state index in [2.05, 4.69) is 24.0 Å². The highest BCUT2D eigenvalue weighted by Crippen LogP contribution is 2.11. The fraction of sp³-hybridized carbons (Fsp3) is 0.438. The average Bonchev–Trinajstić information content (AvgIpc) is 2.91. The second-order valence-corrected chi connectivity index (χ2v) is 5.39. The standard InChI is InChI=1S/C16H20N2O3/c1-11(2)9-14-17-15(21-18-14)8-7-12-5-4-6-13(10-12)16(19)20-3/h4-6,10-11H,7-9H2,1-3H3. The summed E-state index contributed by atoms with van der Waals surface area (Å²) < 4.78 is 9.95. The number of methoxy groups -OCH3 is 1. The molecule has 0 aliphatic carbocycles. The maximum Gasteiger partial charge on any atom is 0.337 e. The van der Waals surface area contributed by atoms with Crippen molar-refractivity contribution in [2.24, 2.45) is 5.92 Å². The number of aromatic nitrogens is 2. The lowest BCUT2D eigenvalue weighted by Crippen LogP contribution is -2.02. The molecule has 0 unspecified atom stereocenters. The molecule has 21 heavy (non-hydrogen) atoms. The van der Waals surface area contributed by atoms with Gasteiger partial charge in [-0.2, -0.15) is 4.98 Å². The first-order chi connectivity index (χ1) is 10.1. The van der Waals surface area contributed by atoms with Gasteiger partial charge in [0, 0.05) is 12.8 Å². The molecule has 5 heteroatoms. The number of nitrogens with zero attached hydrogens (tertiary/aromatic N) is 2. The van der Waals surface area contributed by atoms with Crippen molar-refractivity contribution in [3.63, 3.8) is 0 Å². The number of carbonyl (C=O) groups excluding carboxylic acids is 1. The van der Waals surface area contributed by atoms with Gasteiger partial charge in [0.2, 0.25) is 5.89 Å². The first-order valence-corrected chi connectivity index (χ1v) is 7.07. The predicted molar refractivity (Wildman–Crippen MR) is 78.0 cm³/mol. The van der Waals surface area contributed by atoms with Gasteiger partial charge in [-0.15, -0.1) is 0 Å². The molecular weight excluding hydrogens is 268 g/mol. The normalized spacial score (nSPS) is 10.9. The van der Waals surface area contributed by atoms with Crippen LogP contribution >= 0.6 is 0 Å². The maximum absolute atomic E-state index is 11.5. The highest BCUT2D eigenvalue weighted by molar-refractivity contribution is 5.89. The molecule has 2 rings (SSSR count). The van der Waals surface area contributed by atoms with E-state index in [1.54, 1.807) is 6.07 Å². The van der Waals surface area contributed by atoms with Gasteiger partial charge in [0.15, 0.2) is 5.82 Å². The van der Waals surface area contributed by atoms with Crippen molar-refractivity contribution in [3.05, 3.63) is 47.1 Å². The number of aryl methyl sites for hydroxylation is 2. The fourth-order valence-electron chi connectivity index (χ4n) is 2.06. The second-order valence-electron chi connectivity index (χ2n) is 5.39. The van der Waals surface area contributed by atoms with Gasteiger partial charge in [-0.3, -0.25) is 0 Å². The molecule has 0 fully saturated rings. The first-order valence-electron chi connectivity index (χ1n) is 7.07. The van der Waals surface area contributed by atoms with Crippen LogP contribution in [0.1, 0.15) is 41.5 Å². The number of hydrogen-bond donors (Lipinski definition) is 0. The van der Waals surface area contributed by atoms with E-state index in [0.717, 1.165) is 24.2 Å². The van der Waals surface area contributed by atoms with Gasteiger partial charge in [-0.1, -0.05) is 31.1 Å². The number of esters is 1. The molecule has 1 aromatic heterocycles. The number of carbonyl (C=O) groups is 1. The topological polar surface area (TPSA) is 65.2 Å².